The zero-order chi connectivity index (χ0) is 15.8. The van der Waals surface area contributed by atoms with Crippen molar-refractivity contribution in [1.29, 1.82) is 0 Å². The van der Waals surface area contributed by atoms with Crippen LogP contribution in [0.3, 0.4) is 0 Å². The summed E-state index contributed by atoms with van der Waals surface area (Å²) in [6.45, 7) is 4.49. The Labute approximate surface area is 160 Å². The van der Waals surface area contributed by atoms with Crippen LogP contribution < -0.4 is 29.3 Å². The largest absolute Gasteiger partial charge is 1.00 e. The molecule has 1 fully saturated rings. The van der Waals surface area contributed by atoms with Gasteiger partial charge in [0.25, 0.3) is 0 Å². The molecule has 2 rings (SSSR count). The highest BCUT2D eigenvalue weighted by Gasteiger charge is 2.24. The summed E-state index contributed by atoms with van der Waals surface area (Å²) in [5.41, 5.74) is 0.996. The molecule has 0 bridgehead atoms. The molecule has 1 N–H and O–H groups in total. The first-order valence-electron chi connectivity index (χ1n) is 7.83. The second-order valence-electron chi connectivity index (χ2n) is 5.52. The van der Waals surface area contributed by atoms with Crippen LogP contribution in [0.15, 0.2) is 30.3 Å². The Balaban J connectivity index is 0.00000264. The first kappa shape index (κ1) is 20.3. The minimum atomic E-state index is -0.361. The molecule has 1 aliphatic rings. The van der Waals surface area contributed by atoms with Crippen molar-refractivity contribution < 1.29 is 38.1 Å². The number of thioether (sulfide) groups is 1. The van der Waals surface area contributed by atoms with Gasteiger partial charge in [0.1, 0.15) is 25.7 Å². The van der Waals surface area contributed by atoms with Crippen molar-refractivity contribution in [3.05, 3.63) is 35.9 Å². The van der Waals surface area contributed by atoms with Gasteiger partial charge >= 0.3 is 6.09 Å². The maximum absolute atomic E-state index is 12.0. The maximum atomic E-state index is 12.0. The van der Waals surface area contributed by atoms with Gasteiger partial charge < -0.3 is 34.0 Å². The SMILES string of the molecule is CSC([C@H](C)NC(=O)OCc1ccccc1)=[N+]1CCCCC1.[I-]. The number of hydrogen-bond donors (Lipinski definition) is 1. The molecule has 0 saturated carbocycles. The number of halogens is 1. The van der Waals surface area contributed by atoms with E-state index in [4.69, 9.17) is 4.74 Å². The molecule has 1 aromatic rings. The van der Waals surface area contributed by atoms with Crippen LogP contribution in [0.2, 0.25) is 0 Å². The molecular weight excluding hydrogens is 423 g/mol. The van der Waals surface area contributed by atoms with Gasteiger partial charge in [0.2, 0.25) is 5.04 Å². The Bertz CT molecular complexity index is 515. The molecule has 4 nitrogen and oxygen atoms in total. The first-order valence-corrected chi connectivity index (χ1v) is 9.06. The number of benzene rings is 1. The van der Waals surface area contributed by atoms with Gasteiger partial charge in [0.05, 0.1) is 0 Å². The summed E-state index contributed by atoms with van der Waals surface area (Å²) in [5, 5.41) is 4.16. The van der Waals surface area contributed by atoms with E-state index in [1.165, 1.54) is 24.3 Å². The van der Waals surface area contributed by atoms with Crippen LogP contribution in [0.1, 0.15) is 31.7 Å². The molecule has 6 heteroatoms. The highest BCUT2D eigenvalue weighted by Crippen LogP contribution is 2.11. The first-order chi connectivity index (χ1) is 10.7. The van der Waals surface area contributed by atoms with E-state index < -0.39 is 0 Å². The Kier molecular flexibility index (Phi) is 9.62. The van der Waals surface area contributed by atoms with Gasteiger partial charge in [-0.1, -0.05) is 42.1 Å². The molecule has 1 aliphatic heterocycles. The summed E-state index contributed by atoms with van der Waals surface area (Å²) < 4.78 is 7.67. The van der Waals surface area contributed by atoms with E-state index in [1.807, 2.05) is 37.3 Å². The van der Waals surface area contributed by atoms with Crippen molar-refractivity contribution in [3.8, 4) is 0 Å². The fourth-order valence-corrected chi connectivity index (χ4v) is 3.55. The predicted molar refractivity (Wildman–Crippen MR) is 91.6 cm³/mol. The van der Waals surface area contributed by atoms with Crippen molar-refractivity contribution >= 4 is 22.9 Å². The lowest BCUT2D eigenvalue weighted by molar-refractivity contribution is -0.536. The highest BCUT2D eigenvalue weighted by molar-refractivity contribution is 8.13. The summed E-state index contributed by atoms with van der Waals surface area (Å²) >= 11 is 1.71. The average Bonchev–Trinajstić information content (AvgIpc) is 2.55. The highest BCUT2D eigenvalue weighted by atomic mass is 127. The zero-order valence-electron chi connectivity index (χ0n) is 13.8. The van der Waals surface area contributed by atoms with Gasteiger partial charge in [-0.05, 0) is 25.2 Å². The van der Waals surface area contributed by atoms with E-state index in [-0.39, 0.29) is 36.1 Å². The molecule has 0 aromatic heterocycles. The molecule has 23 heavy (non-hydrogen) atoms. The zero-order valence-corrected chi connectivity index (χ0v) is 16.7. The fourth-order valence-electron chi connectivity index (χ4n) is 2.70. The van der Waals surface area contributed by atoms with E-state index in [1.54, 1.807) is 11.8 Å². The number of rotatable bonds is 4. The second kappa shape index (κ2) is 10.9. The number of nitrogens with zero attached hydrogens (tertiary/aromatic N) is 1. The smallest absolute Gasteiger partial charge is 0.408 e. The third-order valence-corrected chi connectivity index (χ3v) is 4.82. The van der Waals surface area contributed by atoms with E-state index in [0.29, 0.717) is 6.61 Å². The minimum Gasteiger partial charge on any atom is -1.00 e. The van der Waals surface area contributed by atoms with Crippen LogP contribution in [0, 0.1) is 0 Å². The summed E-state index contributed by atoms with van der Waals surface area (Å²) in [7, 11) is 0. The molecule has 1 aromatic carbocycles. The van der Waals surface area contributed by atoms with Crippen molar-refractivity contribution in [2.24, 2.45) is 0 Å². The number of alkyl carbamates (subject to hydrolysis) is 1. The number of amides is 1. The van der Waals surface area contributed by atoms with Gasteiger partial charge in [0, 0.05) is 12.8 Å². The van der Waals surface area contributed by atoms with Crippen LogP contribution in [0.5, 0.6) is 0 Å². The van der Waals surface area contributed by atoms with Crippen molar-refractivity contribution in [1.82, 2.24) is 5.32 Å². The Morgan fingerprint density at radius 1 is 1.26 bits per heavy atom. The van der Waals surface area contributed by atoms with Crippen LogP contribution in [0.4, 0.5) is 4.79 Å². The normalized spacial score (nSPS) is 15.3. The molecule has 128 valence electrons. The number of ether oxygens (including phenoxy) is 1. The molecule has 0 unspecified atom stereocenters. The molecule has 1 amide bonds. The summed E-state index contributed by atoms with van der Waals surface area (Å²) in [4.78, 5) is 12.0. The third kappa shape index (κ3) is 6.71. The molecule has 1 heterocycles. The van der Waals surface area contributed by atoms with Gasteiger partial charge in [0.15, 0.2) is 0 Å². The maximum Gasteiger partial charge on any atom is 0.408 e. The van der Waals surface area contributed by atoms with Crippen LogP contribution in [-0.2, 0) is 11.3 Å². The lowest BCUT2D eigenvalue weighted by atomic mass is 10.1. The number of nitrogens with one attached hydrogen (secondary N) is 1. The number of hydrogen-bond acceptors (Lipinski definition) is 3. The Morgan fingerprint density at radius 3 is 2.52 bits per heavy atom. The minimum absolute atomic E-state index is 0. The van der Waals surface area contributed by atoms with Crippen LogP contribution in [0.25, 0.3) is 0 Å². The monoisotopic (exact) mass is 448 g/mol. The van der Waals surface area contributed by atoms with Crippen molar-refractivity contribution in [2.75, 3.05) is 19.3 Å². The van der Waals surface area contributed by atoms with Crippen LogP contribution in [-0.4, -0.2) is 41.1 Å². The van der Waals surface area contributed by atoms with Crippen LogP contribution >= 0.6 is 11.8 Å². The summed E-state index contributed by atoms with van der Waals surface area (Å²) in [5.74, 6) is 0. The van der Waals surface area contributed by atoms with Gasteiger partial charge in [-0.3, -0.25) is 0 Å². The number of carbonyl (C=O) groups is 1. The van der Waals surface area contributed by atoms with Crippen molar-refractivity contribution in [2.45, 2.75) is 38.8 Å². The van der Waals surface area contributed by atoms with Gasteiger partial charge in [-0.2, -0.15) is 0 Å². The van der Waals surface area contributed by atoms with Gasteiger partial charge in [-0.25, -0.2) is 9.37 Å². The van der Waals surface area contributed by atoms with E-state index in [9.17, 15) is 4.79 Å². The molecule has 1 atom stereocenters. The topological polar surface area (TPSA) is 41.3 Å². The number of piperidine rings is 1. The second-order valence-corrected chi connectivity index (χ2v) is 6.34. The Morgan fingerprint density at radius 2 is 1.91 bits per heavy atom. The van der Waals surface area contributed by atoms with E-state index in [2.05, 4.69) is 16.1 Å². The molecular formula is C17H25IN2O2S. The third-order valence-electron chi connectivity index (χ3n) is 3.79. The van der Waals surface area contributed by atoms with E-state index in [0.717, 1.165) is 18.7 Å². The standard InChI is InChI=1S/C17H24N2O2S.HI/c1-14(16(22-2)19-11-7-4-8-12-19)18-17(20)21-13-15-9-5-3-6-10-15;/h3,5-6,9-10,14H,4,7-8,11-13H2,1-2H3;1H/t14-;/m0./s1. The predicted octanol–water partition coefficient (Wildman–Crippen LogP) is 0.263. The lowest BCUT2D eigenvalue weighted by Gasteiger charge is -2.18. The average molecular weight is 448 g/mol. The lowest BCUT2D eigenvalue weighted by Crippen LogP contribution is -3.00. The fraction of sp³-hybridized carbons (Fsp3) is 0.529. The number of carbonyl (C=O) groups excluding carboxylic acids is 1. The van der Waals surface area contributed by atoms with E-state index >= 15 is 0 Å². The van der Waals surface area contributed by atoms with Crippen molar-refractivity contribution in [3.63, 3.8) is 0 Å². The van der Waals surface area contributed by atoms with Gasteiger partial charge in [-0.15, -0.1) is 0 Å². The summed E-state index contributed by atoms with van der Waals surface area (Å²) in [6.07, 6.45) is 5.47. The summed E-state index contributed by atoms with van der Waals surface area (Å²) in [6, 6.07) is 9.71. The molecule has 0 radical (unpaired) electrons. The molecule has 0 aliphatic carbocycles. The molecule has 0 spiro atoms. The Hall–Kier alpha value is -0.760. The molecule has 1 saturated heterocycles. The quantitative estimate of drug-likeness (QED) is 0.409.